The largest absolute Gasteiger partial charge is 0.367 e. The smallest absolute Gasteiger partial charge is 0.190 e. The molecule has 0 saturated carbocycles. The Kier molecular flexibility index (Phi) is 6.32. The van der Waals surface area contributed by atoms with Gasteiger partial charge in [-0.15, -0.1) is 10.2 Å². The molecule has 21 heavy (non-hydrogen) atoms. The average Bonchev–Trinajstić information content (AvgIpc) is 3.08. The quantitative estimate of drug-likeness (QED) is 0.552. The van der Waals surface area contributed by atoms with Crippen LogP contribution in [0.3, 0.4) is 0 Å². The summed E-state index contributed by atoms with van der Waals surface area (Å²) in [6.07, 6.45) is 8.09. The lowest BCUT2D eigenvalue weighted by Gasteiger charge is -2.11. The average molecular weight is 307 g/mol. The maximum absolute atomic E-state index is 4.35. The van der Waals surface area contributed by atoms with Crippen LogP contribution in [-0.2, 0) is 19.5 Å². The predicted molar refractivity (Wildman–Crippen MR) is 87.5 cm³/mol. The third-order valence-corrected chi connectivity index (χ3v) is 3.94. The molecule has 0 unspecified atom stereocenters. The van der Waals surface area contributed by atoms with Crippen LogP contribution in [0.15, 0.2) is 23.6 Å². The lowest BCUT2D eigenvalue weighted by atomic mass is 10.2. The molecule has 2 N–H and O–H groups in total. The summed E-state index contributed by atoms with van der Waals surface area (Å²) in [6.45, 7) is 7.36. The standard InChI is InChI=1S/C15H25N5S/c1-12(2)11-20-14(18-19-15(20)21-3)5-4-7-16-9-13-6-8-17-10-13/h6,8,10,12,16-17H,4-5,7,9,11H2,1-3H3. The van der Waals surface area contributed by atoms with Crippen LogP contribution in [0.2, 0.25) is 0 Å². The fourth-order valence-corrected chi connectivity index (χ4v) is 2.80. The molecular formula is C15H25N5S. The highest BCUT2D eigenvalue weighted by Gasteiger charge is 2.12. The number of thioether (sulfide) groups is 1. The van der Waals surface area contributed by atoms with Crippen LogP contribution < -0.4 is 5.32 Å². The molecule has 0 aliphatic heterocycles. The highest BCUT2D eigenvalue weighted by molar-refractivity contribution is 7.98. The molecule has 0 amide bonds. The fraction of sp³-hybridized carbons (Fsp3) is 0.600. The number of nitrogens with one attached hydrogen (secondary N) is 2. The summed E-state index contributed by atoms with van der Waals surface area (Å²) in [7, 11) is 0. The van der Waals surface area contributed by atoms with Crippen molar-refractivity contribution in [1.82, 2.24) is 25.1 Å². The molecule has 5 nitrogen and oxygen atoms in total. The molecule has 0 saturated heterocycles. The molecule has 0 atom stereocenters. The zero-order chi connectivity index (χ0) is 15.1. The number of aromatic amines is 1. The van der Waals surface area contributed by atoms with Crippen molar-refractivity contribution in [2.45, 2.75) is 44.9 Å². The normalized spacial score (nSPS) is 11.4. The molecule has 116 valence electrons. The predicted octanol–water partition coefficient (Wildman–Crippen LogP) is 2.71. The third kappa shape index (κ3) is 4.89. The maximum Gasteiger partial charge on any atom is 0.190 e. The van der Waals surface area contributed by atoms with Gasteiger partial charge in [0.25, 0.3) is 0 Å². The summed E-state index contributed by atoms with van der Waals surface area (Å²) in [5, 5.41) is 13.1. The Labute approximate surface area is 130 Å². The molecule has 0 bridgehead atoms. The number of H-pyrrole nitrogens is 1. The lowest BCUT2D eigenvalue weighted by molar-refractivity contribution is 0.476. The van der Waals surface area contributed by atoms with Gasteiger partial charge in [-0.05, 0) is 36.8 Å². The van der Waals surface area contributed by atoms with E-state index in [2.05, 4.69) is 51.2 Å². The van der Waals surface area contributed by atoms with Gasteiger partial charge in [-0.1, -0.05) is 25.6 Å². The van der Waals surface area contributed by atoms with Crippen molar-refractivity contribution in [2.75, 3.05) is 12.8 Å². The SMILES string of the molecule is CSc1nnc(CCCNCc2cc[nH]c2)n1CC(C)C. The minimum Gasteiger partial charge on any atom is -0.367 e. The number of hydrogen-bond acceptors (Lipinski definition) is 4. The summed E-state index contributed by atoms with van der Waals surface area (Å²) < 4.78 is 2.27. The van der Waals surface area contributed by atoms with Crippen LogP contribution in [0.1, 0.15) is 31.7 Å². The Morgan fingerprint density at radius 3 is 2.90 bits per heavy atom. The minimum absolute atomic E-state index is 0.609. The molecule has 0 aliphatic rings. The highest BCUT2D eigenvalue weighted by Crippen LogP contribution is 2.16. The van der Waals surface area contributed by atoms with Crippen molar-refractivity contribution in [3.8, 4) is 0 Å². The van der Waals surface area contributed by atoms with E-state index in [1.165, 1.54) is 5.56 Å². The van der Waals surface area contributed by atoms with Crippen LogP contribution in [-0.4, -0.2) is 32.5 Å². The van der Waals surface area contributed by atoms with E-state index in [0.29, 0.717) is 5.92 Å². The molecule has 2 rings (SSSR count). The van der Waals surface area contributed by atoms with Gasteiger partial charge in [0.1, 0.15) is 5.82 Å². The highest BCUT2D eigenvalue weighted by atomic mass is 32.2. The van der Waals surface area contributed by atoms with E-state index < -0.39 is 0 Å². The Morgan fingerprint density at radius 1 is 1.38 bits per heavy atom. The molecule has 0 fully saturated rings. The van der Waals surface area contributed by atoms with Crippen LogP contribution in [0, 0.1) is 5.92 Å². The molecule has 0 aliphatic carbocycles. The summed E-state index contributed by atoms with van der Waals surface area (Å²) in [4.78, 5) is 3.07. The van der Waals surface area contributed by atoms with Crippen molar-refractivity contribution in [2.24, 2.45) is 5.92 Å². The second kappa shape index (κ2) is 8.24. The minimum atomic E-state index is 0.609. The Morgan fingerprint density at radius 2 is 2.24 bits per heavy atom. The van der Waals surface area contributed by atoms with E-state index in [1.807, 2.05) is 12.4 Å². The first-order chi connectivity index (χ1) is 10.2. The van der Waals surface area contributed by atoms with Gasteiger partial charge >= 0.3 is 0 Å². The van der Waals surface area contributed by atoms with E-state index in [0.717, 1.165) is 43.5 Å². The number of aromatic nitrogens is 4. The van der Waals surface area contributed by atoms with E-state index >= 15 is 0 Å². The number of aryl methyl sites for hydroxylation is 1. The molecular weight excluding hydrogens is 282 g/mol. The van der Waals surface area contributed by atoms with Gasteiger partial charge in [0.05, 0.1) is 0 Å². The van der Waals surface area contributed by atoms with Gasteiger partial charge in [0.15, 0.2) is 5.16 Å². The van der Waals surface area contributed by atoms with Gasteiger partial charge in [-0.3, -0.25) is 0 Å². The Balaban J connectivity index is 1.78. The van der Waals surface area contributed by atoms with Crippen molar-refractivity contribution in [3.05, 3.63) is 29.8 Å². The van der Waals surface area contributed by atoms with Crippen LogP contribution >= 0.6 is 11.8 Å². The molecule has 0 spiro atoms. The molecule has 2 aromatic heterocycles. The molecule has 6 heteroatoms. The maximum atomic E-state index is 4.35. The Bertz CT molecular complexity index is 518. The monoisotopic (exact) mass is 307 g/mol. The molecule has 2 aromatic rings. The van der Waals surface area contributed by atoms with Crippen molar-refractivity contribution >= 4 is 11.8 Å². The zero-order valence-electron chi connectivity index (χ0n) is 13.1. The second-order valence-corrected chi connectivity index (χ2v) is 6.38. The second-order valence-electron chi connectivity index (χ2n) is 5.61. The van der Waals surface area contributed by atoms with Gasteiger partial charge in [-0.2, -0.15) is 0 Å². The summed E-state index contributed by atoms with van der Waals surface area (Å²) in [5.74, 6) is 1.72. The topological polar surface area (TPSA) is 58.5 Å². The van der Waals surface area contributed by atoms with E-state index in [4.69, 9.17) is 0 Å². The van der Waals surface area contributed by atoms with Gasteiger partial charge < -0.3 is 14.9 Å². The van der Waals surface area contributed by atoms with Crippen molar-refractivity contribution < 1.29 is 0 Å². The van der Waals surface area contributed by atoms with Crippen molar-refractivity contribution in [3.63, 3.8) is 0 Å². The fourth-order valence-electron chi connectivity index (χ4n) is 2.28. The third-order valence-electron chi connectivity index (χ3n) is 3.27. The number of rotatable bonds is 9. The molecule has 0 aromatic carbocycles. The first-order valence-corrected chi connectivity index (χ1v) is 8.71. The van der Waals surface area contributed by atoms with E-state index in [1.54, 1.807) is 11.8 Å². The first-order valence-electron chi connectivity index (χ1n) is 7.49. The number of nitrogens with zero attached hydrogens (tertiary/aromatic N) is 3. The number of hydrogen-bond donors (Lipinski definition) is 2. The summed E-state index contributed by atoms with van der Waals surface area (Å²) in [5.41, 5.74) is 1.29. The van der Waals surface area contributed by atoms with Crippen LogP contribution in [0.5, 0.6) is 0 Å². The van der Waals surface area contributed by atoms with Crippen LogP contribution in [0.4, 0.5) is 0 Å². The summed E-state index contributed by atoms with van der Waals surface area (Å²) in [6, 6.07) is 2.09. The van der Waals surface area contributed by atoms with Gasteiger partial charge in [-0.25, -0.2) is 0 Å². The molecule has 0 radical (unpaired) electrons. The Hall–Kier alpha value is -1.27. The lowest BCUT2D eigenvalue weighted by Crippen LogP contribution is -2.16. The molecule has 2 heterocycles. The first kappa shape index (κ1) is 16.1. The zero-order valence-corrected chi connectivity index (χ0v) is 13.9. The van der Waals surface area contributed by atoms with Gasteiger partial charge in [0.2, 0.25) is 0 Å². The van der Waals surface area contributed by atoms with Crippen LogP contribution in [0.25, 0.3) is 0 Å². The van der Waals surface area contributed by atoms with E-state index in [9.17, 15) is 0 Å². The van der Waals surface area contributed by atoms with E-state index in [-0.39, 0.29) is 0 Å². The van der Waals surface area contributed by atoms with Crippen molar-refractivity contribution in [1.29, 1.82) is 0 Å². The van der Waals surface area contributed by atoms with Gasteiger partial charge in [0, 0.05) is 31.9 Å². The summed E-state index contributed by atoms with van der Waals surface area (Å²) >= 11 is 1.67.